The summed E-state index contributed by atoms with van der Waals surface area (Å²) in [7, 11) is 0. The molecule has 160 valence electrons. The third-order valence-electron chi connectivity index (χ3n) is 3.92. The maximum absolute atomic E-state index is 12.0. The van der Waals surface area contributed by atoms with E-state index in [1.807, 2.05) is 30.3 Å². The maximum atomic E-state index is 12.0. The van der Waals surface area contributed by atoms with Gasteiger partial charge in [-0.1, -0.05) is 46.3 Å². The first-order valence-electron chi connectivity index (χ1n) is 8.99. The van der Waals surface area contributed by atoms with Crippen molar-refractivity contribution in [3.8, 4) is 11.5 Å². The number of ether oxygens (including phenoxy) is 2. The molecule has 31 heavy (non-hydrogen) atoms. The standard InChI is InChI=1S/C21H17Br2N3O4S/c22-14-7-8-16-13(10-14)6-9-17(20(16)23)30-12-19(28)25-26-21(31)24-18(27)11-29-15-4-2-1-3-5-15/h1-10H,11-12H2,(H,25,28)(H2,24,26,27,31). The van der Waals surface area contributed by atoms with E-state index < -0.39 is 11.8 Å². The summed E-state index contributed by atoms with van der Waals surface area (Å²) in [6, 6.07) is 18.4. The van der Waals surface area contributed by atoms with Crippen molar-refractivity contribution in [2.75, 3.05) is 13.2 Å². The van der Waals surface area contributed by atoms with Crippen LogP contribution in [0.1, 0.15) is 0 Å². The Kier molecular flexibility index (Phi) is 8.21. The number of amides is 2. The van der Waals surface area contributed by atoms with Crippen LogP contribution in [0.4, 0.5) is 0 Å². The molecular formula is C21H17Br2N3O4S. The summed E-state index contributed by atoms with van der Waals surface area (Å²) in [6.45, 7) is -0.462. The normalized spacial score (nSPS) is 10.3. The first-order chi connectivity index (χ1) is 14.9. The fourth-order valence-corrected chi connectivity index (χ4v) is 3.67. The second kappa shape index (κ2) is 11.1. The molecule has 0 unspecified atom stereocenters. The second-order valence-electron chi connectivity index (χ2n) is 6.18. The molecule has 0 bridgehead atoms. The summed E-state index contributed by atoms with van der Waals surface area (Å²) in [5, 5.41) is 4.32. The van der Waals surface area contributed by atoms with Gasteiger partial charge in [-0.3, -0.25) is 25.8 Å². The van der Waals surface area contributed by atoms with Gasteiger partial charge in [-0.05, 0) is 69.3 Å². The van der Waals surface area contributed by atoms with Crippen molar-refractivity contribution in [1.82, 2.24) is 16.2 Å². The molecule has 0 aromatic heterocycles. The molecule has 7 nitrogen and oxygen atoms in total. The summed E-state index contributed by atoms with van der Waals surface area (Å²) in [5.74, 6) is 0.159. The molecule has 3 aromatic rings. The van der Waals surface area contributed by atoms with Gasteiger partial charge >= 0.3 is 0 Å². The van der Waals surface area contributed by atoms with Crippen LogP contribution in [0.5, 0.6) is 11.5 Å². The molecule has 0 aliphatic rings. The molecule has 0 saturated carbocycles. The smallest absolute Gasteiger partial charge is 0.276 e. The quantitative estimate of drug-likeness (QED) is 0.310. The predicted molar refractivity (Wildman–Crippen MR) is 129 cm³/mol. The number of carbonyl (C=O) groups is 2. The second-order valence-corrected chi connectivity index (χ2v) is 8.30. The average molecular weight is 567 g/mol. The van der Waals surface area contributed by atoms with Gasteiger partial charge < -0.3 is 9.47 Å². The van der Waals surface area contributed by atoms with Crippen molar-refractivity contribution in [2.24, 2.45) is 0 Å². The van der Waals surface area contributed by atoms with E-state index in [1.54, 1.807) is 30.3 Å². The maximum Gasteiger partial charge on any atom is 0.276 e. The highest BCUT2D eigenvalue weighted by atomic mass is 79.9. The Balaban J connectivity index is 1.41. The van der Waals surface area contributed by atoms with E-state index in [9.17, 15) is 9.59 Å². The zero-order valence-corrected chi connectivity index (χ0v) is 20.0. The van der Waals surface area contributed by atoms with Crippen molar-refractivity contribution in [1.29, 1.82) is 0 Å². The van der Waals surface area contributed by atoms with Gasteiger partial charge in [0.05, 0.1) is 4.47 Å². The number of halogens is 2. The first kappa shape index (κ1) is 23.0. The van der Waals surface area contributed by atoms with Crippen LogP contribution in [0, 0.1) is 0 Å². The van der Waals surface area contributed by atoms with Crippen LogP contribution in [0.3, 0.4) is 0 Å². The lowest BCUT2D eigenvalue weighted by atomic mass is 10.1. The third kappa shape index (κ3) is 6.91. The molecule has 2 amide bonds. The van der Waals surface area contributed by atoms with Crippen molar-refractivity contribution < 1.29 is 19.1 Å². The number of nitrogens with one attached hydrogen (secondary N) is 3. The van der Waals surface area contributed by atoms with Gasteiger partial charge in [0.15, 0.2) is 18.3 Å². The predicted octanol–water partition coefficient (Wildman–Crippen LogP) is 3.84. The van der Waals surface area contributed by atoms with Crippen LogP contribution < -0.4 is 25.6 Å². The van der Waals surface area contributed by atoms with E-state index in [0.717, 1.165) is 19.7 Å². The lowest BCUT2D eigenvalue weighted by molar-refractivity contribution is -0.124. The van der Waals surface area contributed by atoms with Crippen LogP contribution in [0.15, 0.2) is 69.6 Å². The van der Waals surface area contributed by atoms with Gasteiger partial charge in [-0.25, -0.2) is 0 Å². The Morgan fingerprint density at radius 1 is 0.871 bits per heavy atom. The number of thiocarbonyl (C=S) groups is 1. The van der Waals surface area contributed by atoms with Gasteiger partial charge in [0.2, 0.25) is 0 Å². The summed E-state index contributed by atoms with van der Waals surface area (Å²) in [6.07, 6.45) is 0. The van der Waals surface area contributed by atoms with Gasteiger partial charge in [0, 0.05) is 4.47 Å². The molecule has 3 N–H and O–H groups in total. The van der Waals surface area contributed by atoms with Gasteiger partial charge in [-0.2, -0.15) is 0 Å². The molecule has 0 heterocycles. The summed E-state index contributed by atoms with van der Waals surface area (Å²) in [4.78, 5) is 23.9. The molecule has 3 rings (SSSR count). The van der Waals surface area contributed by atoms with Gasteiger partial charge in [-0.15, -0.1) is 0 Å². The number of carbonyl (C=O) groups excluding carboxylic acids is 2. The van der Waals surface area contributed by atoms with Crippen LogP contribution >= 0.6 is 44.1 Å². The van der Waals surface area contributed by atoms with E-state index in [-0.39, 0.29) is 18.3 Å². The highest BCUT2D eigenvalue weighted by molar-refractivity contribution is 9.11. The Morgan fingerprint density at radius 3 is 2.39 bits per heavy atom. The minimum absolute atomic E-state index is 0.0625. The van der Waals surface area contributed by atoms with Crippen LogP contribution in [-0.4, -0.2) is 30.1 Å². The van der Waals surface area contributed by atoms with Gasteiger partial charge in [0.1, 0.15) is 11.5 Å². The minimum atomic E-state index is -0.472. The van der Waals surface area contributed by atoms with Crippen molar-refractivity contribution in [2.45, 2.75) is 0 Å². The topological polar surface area (TPSA) is 88.7 Å². The monoisotopic (exact) mass is 565 g/mol. The average Bonchev–Trinajstić information content (AvgIpc) is 2.76. The summed E-state index contributed by atoms with van der Waals surface area (Å²) < 4.78 is 12.6. The summed E-state index contributed by atoms with van der Waals surface area (Å²) >= 11 is 11.9. The molecule has 0 radical (unpaired) electrons. The van der Waals surface area contributed by atoms with Crippen LogP contribution in [0.2, 0.25) is 0 Å². The molecular weight excluding hydrogens is 550 g/mol. The highest BCUT2D eigenvalue weighted by Gasteiger charge is 2.10. The lowest BCUT2D eigenvalue weighted by Crippen LogP contribution is -2.50. The minimum Gasteiger partial charge on any atom is -0.484 e. The number of hydrogen-bond donors (Lipinski definition) is 3. The van der Waals surface area contributed by atoms with E-state index in [2.05, 4.69) is 48.0 Å². The third-order valence-corrected chi connectivity index (χ3v) is 5.44. The van der Waals surface area contributed by atoms with Gasteiger partial charge in [0.25, 0.3) is 11.8 Å². The fourth-order valence-electron chi connectivity index (χ4n) is 2.52. The Morgan fingerprint density at radius 2 is 1.61 bits per heavy atom. The Hall–Kier alpha value is -2.69. The van der Waals surface area contributed by atoms with Crippen LogP contribution in [-0.2, 0) is 9.59 Å². The molecule has 0 saturated heterocycles. The number of benzene rings is 3. The molecule has 0 spiro atoms. The molecule has 3 aromatic carbocycles. The number of fused-ring (bicyclic) bond motifs is 1. The van der Waals surface area contributed by atoms with E-state index in [4.69, 9.17) is 21.7 Å². The van der Waals surface area contributed by atoms with Crippen LogP contribution in [0.25, 0.3) is 10.8 Å². The zero-order valence-electron chi connectivity index (χ0n) is 16.0. The molecule has 0 atom stereocenters. The van der Waals surface area contributed by atoms with Crippen molar-refractivity contribution in [3.63, 3.8) is 0 Å². The van der Waals surface area contributed by atoms with Crippen molar-refractivity contribution in [3.05, 3.63) is 69.6 Å². The number of rotatable bonds is 6. The molecule has 10 heteroatoms. The fraction of sp³-hybridized carbons (Fsp3) is 0.0952. The Labute approximate surface area is 200 Å². The molecule has 0 fully saturated rings. The van der Waals surface area contributed by atoms with Crippen molar-refractivity contribution >= 4 is 71.8 Å². The van der Waals surface area contributed by atoms with E-state index in [1.165, 1.54) is 0 Å². The SMILES string of the molecule is O=C(COc1ccc2cc(Br)ccc2c1Br)NNC(=S)NC(=O)COc1ccccc1. The van der Waals surface area contributed by atoms with E-state index >= 15 is 0 Å². The number of hydrazine groups is 1. The number of para-hydroxylation sites is 1. The lowest BCUT2D eigenvalue weighted by Gasteiger charge is -2.13. The Bertz CT molecular complexity index is 1110. The number of hydrogen-bond acceptors (Lipinski definition) is 5. The highest BCUT2D eigenvalue weighted by Crippen LogP contribution is 2.34. The molecule has 0 aliphatic heterocycles. The largest absolute Gasteiger partial charge is 0.484 e. The zero-order chi connectivity index (χ0) is 22.2. The molecule has 0 aliphatic carbocycles. The first-order valence-corrected chi connectivity index (χ1v) is 11.0. The summed E-state index contributed by atoms with van der Waals surface area (Å²) in [5.41, 5.74) is 4.81. The van der Waals surface area contributed by atoms with E-state index in [0.29, 0.717) is 11.5 Å².